The number of benzene rings is 1. The van der Waals surface area contributed by atoms with Crippen molar-refractivity contribution in [3.05, 3.63) is 29.1 Å². The molecule has 2 rings (SSSR count). The number of hydrogen-bond acceptors (Lipinski definition) is 4. The van der Waals surface area contributed by atoms with E-state index in [0.29, 0.717) is 13.2 Å². The Bertz CT molecular complexity index is 700. The number of methoxy groups -OCH3 is 1. The number of carbonyl (C=O) groups is 2. The fourth-order valence-corrected chi connectivity index (χ4v) is 3.18. The first-order valence-electron chi connectivity index (χ1n) is 9.18. The summed E-state index contributed by atoms with van der Waals surface area (Å²) in [5.41, 5.74) is 1.65. The van der Waals surface area contributed by atoms with Crippen molar-refractivity contribution >= 4 is 17.7 Å². The average molecular weight is 380 g/mol. The van der Waals surface area contributed by atoms with E-state index in [-0.39, 0.29) is 24.8 Å². The number of fused-ring (bicyclic) bond motifs is 1. The molecule has 0 radical (unpaired) electrons. The van der Waals surface area contributed by atoms with E-state index in [1.165, 1.54) is 24.1 Å². The number of anilines is 1. The topological polar surface area (TPSA) is 59.1 Å². The molecule has 150 valence electrons. The Morgan fingerprint density at radius 1 is 1.30 bits per heavy atom. The van der Waals surface area contributed by atoms with E-state index in [0.717, 1.165) is 29.7 Å². The normalized spacial score (nSPS) is 13.9. The van der Waals surface area contributed by atoms with Gasteiger partial charge in [0.1, 0.15) is 18.0 Å². The Labute approximate surface area is 160 Å². The summed E-state index contributed by atoms with van der Waals surface area (Å²) < 4.78 is 24.2. The molecule has 1 aliphatic rings. The molecule has 0 aromatic heterocycles. The Kier molecular flexibility index (Phi) is 6.81. The molecule has 2 amide bonds. The van der Waals surface area contributed by atoms with E-state index in [1.54, 1.807) is 32.6 Å². The highest BCUT2D eigenvalue weighted by atomic mass is 19.1. The first kappa shape index (κ1) is 21.2. The maximum absolute atomic E-state index is 13.7. The van der Waals surface area contributed by atoms with E-state index in [9.17, 15) is 14.0 Å². The van der Waals surface area contributed by atoms with Gasteiger partial charge in [0.25, 0.3) is 0 Å². The molecule has 7 heteroatoms. The summed E-state index contributed by atoms with van der Waals surface area (Å²) in [6.45, 7) is 8.11. The molecule has 0 aliphatic carbocycles. The van der Waals surface area contributed by atoms with Gasteiger partial charge in [0, 0.05) is 25.9 Å². The van der Waals surface area contributed by atoms with Crippen molar-refractivity contribution in [2.75, 3.05) is 38.3 Å². The van der Waals surface area contributed by atoms with Crippen LogP contribution in [0.25, 0.3) is 0 Å². The minimum atomic E-state index is -0.655. The van der Waals surface area contributed by atoms with Crippen molar-refractivity contribution in [3.8, 4) is 0 Å². The summed E-state index contributed by atoms with van der Waals surface area (Å²) in [6, 6.07) is 2.92. The molecule has 0 unspecified atom stereocenters. The first-order valence-corrected chi connectivity index (χ1v) is 9.18. The van der Waals surface area contributed by atoms with Crippen LogP contribution in [-0.4, -0.2) is 55.9 Å². The standard InChI is InChI=1S/C20H29FN2O4/c1-14-11-16(21)12-15-7-6-8-23(18(14)15)17(24)13-22(9-10-26-5)19(25)27-20(2,3)4/h11-12H,6-10,13H2,1-5H3. The molecule has 0 N–H and O–H groups in total. The second-order valence-electron chi connectivity index (χ2n) is 7.77. The number of nitrogens with zero attached hydrogens (tertiary/aromatic N) is 2. The molecule has 0 bridgehead atoms. The highest BCUT2D eigenvalue weighted by Crippen LogP contribution is 2.31. The molecule has 6 nitrogen and oxygen atoms in total. The SMILES string of the molecule is COCCN(CC(=O)N1CCCc2cc(F)cc(C)c21)C(=O)OC(C)(C)C. The predicted octanol–water partition coefficient (Wildman–Crippen LogP) is 3.30. The van der Waals surface area contributed by atoms with Gasteiger partial charge in [-0.1, -0.05) is 0 Å². The van der Waals surface area contributed by atoms with E-state index in [4.69, 9.17) is 9.47 Å². The lowest BCUT2D eigenvalue weighted by Gasteiger charge is -2.33. The lowest BCUT2D eigenvalue weighted by atomic mass is 9.98. The predicted molar refractivity (Wildman–Crippen MR) is 101 cm³/mol. The number of aryl methyl sites for hydroxylation is 2. The van der Waals surface area contributed by atoms with E-state index in [1.807, 2.05) is 0 Å². The Balaban J connectivity index is 2.20. The average Bonchev–Trinajstić information content (AvgIpc) is 2.55. The molecule has 27 heavy (non-hydrogen) atoms. The van der Waals surface area contributed by atoms with Crippen LogP contribution in [0.3, 0.4) is 0 Å². The molecule has 0 atom stereocenters. The van der Waals surface area contributed by atoms with Gasteiger partial charge >= 0.3 is 6.09 Å². The summed E-state index contributed by atoms with van der Waals surface area (Å²) in [4.78, 5) is 28.5. The molecule has 0 fully saturated rings. The lowest BCUT2D eigenvalue weighted by molar-refractivity contribution is -0.120. The summed E-state index contributed by atoms with van der Waals surface area (Å²) in [6.07, 6.45) is 0.935. The van der Waals surface area contributed by atoms with Crippen LogP contribution in [-0.2, 0) is 20.7 Å². The zero-order chi connectivity index (χ0) is 20.2. The Hall–Kier alpha value is -2.15. The highest BCUT2D eigenvalue weighted by Gasteiger charge is 2.29. The second-order valence-corrected chi connectivity index (χ2v) is 7.77. The quantitative estimate of drug-likeness (QED) is 0.786. The minimum absolute atomic E-state index is 0.117. The van der Waals surface area contributed by atoms with Crippen LogP contribution in [0.15, 0.2) is 12.1 Å². The van der Waals surface area contributed by atoms with E-state index < -0.39 is 11.7 Å². The number of ether oxygens (including phenoxy) is 2. The van der Waals surface area contributed by atoms with Gasteiger partial charge in [-0.3, -0.25) is 9.69 Å². The van der Waals surface area contributed by atoms with Crippen LogP contribution in [0.5, 0.6) is 0 Å². The van der Waals surface area contributed by atoms with Crippen LogP contribution >= 0.6 is 0 Å². The van der Waals surface area contributed by atoms with Gasteiger partial charge in [0.05, 0.1) is 6.61 Å². The van der Waals surface area contributed by atoms with Gasteiger partial charge in [-0.05, 0) is 63.8 Å². The van der Waals surface area contributed by atoms with E-state index >= 15 is 0 Å². The van der Waals surface area contributed by atoms with Crippen molar-refractivity contribution in [2.45, 2.75) is 46.1 Å². The minimum Gasteiger partial charge on any atom is -0.444 e. The van der Waals surface area contributed by atoms with Crippen molar-refractivity contribution in [1.29, 1.82) is 0 Å². The van der Waals surface area contributed by atoms with Gasteiger partial charge in [-0.15, -0.1) is 0 Å². The Morgan fingerprint density at radius 3 is 2.63 bits per heavy atom. The van der Waals surface area contributed by atoms with Gasteiger partial charge in [-0.25, -0.2) is 9.18 Å². The molecule has 0 saturated carbocycles. The van der Waals surface area contributed by atoms with E-state index in [2.05, 4.69) is 0 Å². The number of halogens is 1. The van der Waals surface area contributed by atoms with Gasteiger partial charge in [0.2, 0.25) is 5.91 Å². The monoisotopic (exact) mass is 380 g/mol. The largest absolute Gasteiger partial charge is 0.444 e. The van der Waals surface area contributed by atoms with Crippen molar-refractivity contribution in [1.82, 2.24) is 4.90 Å². The molecule has 0 spiro atoms. The van der Waals surface area contributed by atoms with Gasteiger partial charge < -0.3 is 14.4 Å². The first-order chi connectivity index (χ1) is 12.6. The van der Waals surface area contributed by atoms with Crippen molar-refractivity contribution < 1.29 is 23.5 Å². The number of rotatable bonds is 5. The summed E-state index contributed by atoms with van der Waals surface area (Å²) >= 11 is 0. The van der Waals surface area contributed by atoms with Crippen LogP contribution in [0.4, 0.5) is 14.9 Å². The molecule has 1 heterocycles. The molecule has 0 saturated heterocycles. The van der Waals surface area contributed by atoms with Crippen molar-refractivity contribution in [3.63, 3.8) is 0 Å². The number of carbonyl (C=O) groups excluding carboxylic acids is 2. The summed E-state index contributed by atoms with van der Waals surface area (Å²) in [5.74, 6) is -0.511. The van der Waals surface area contributed by atoms with Crippen LogP contribution in [0, 0.1) is 12.7 Å². The molecule has 1 aliphatic heterocycles. The maximum atomic E-state index is 13.7. The molecular weight excluding hydrogens is 351 g/mol. The zero-order valence-corrected chi connectivity index (χ0v) is 16.8. The molecule has 1 aromatic rings. The third kappa shape index (κ3) is 5.66. The smallest absolute Gasteiger partial charge is 0.410 e. The fraction of sp³-hybridized carbons (Fsp3) is 0.600. The summed E-state index contributed by atoms with van der Waals surface area (Å²) in [5, 5.41) is 0. The van der Waals surface area contributed by atoms with Crippen molar-refractivity contribution in [2.24, 2.45) is 0 Å². The third-order valence-corrected chi connectivity index (χ3v) is 4.29. The number of hydrogen-bond donors (Lipinski definition) is 0. The fourth-order valence-electron chi connectivity index (χ4n) is 3.18. The zero-order valence-electron chi connectivity index (χ0n) is 16.8. The van der Waals surface area contributed by atoms with Gasteiger partial charge in [-0.2, -0.15) is 0 Å². The summed E-state index contributed by atoms with van der Waals surface area (Å²) in [7, 11) is 1.54. The van der Waals surface area contributed by atoms with Crippen LogP contribution in [0.2, 0.25) is 0 Å². The third-order valence-electron chi connectivity index (χ3n) is 4.29. The molecule has 1 aromatic carbocycles. The molecular formula is C20H29FN2O4. The highest BCUT2D eigenvalue weighted by molar-refractivity contribution is 5.98. The lowest BCUT2D eigenvalue weighted by Crippen LogP contribution is -2.47. The Morgan fingerprint density at radius 2 is 2.00 bits per heavy atom. The second kappa shape index (κ2) is 8.69. The van der Waals surface area contributed by atoms with Gasteiger partial charge in [0.15, 0.2) is 0 Å². The maximum Gasteiger partial charge on any atom is 0.410 e. The van der Waals surface area contributed by atoms with Crippen LogP contribution in [0.1, 0.15) is 38.3 Å². The number of amides is 2. The van der Waals surface area contributed by atoms with Crippen LogP contribution < -0.4 is 4.90 Å².